The van der Waals surface area contributed by atoms with Crippen LogP contribution >= 0.6 is 12.4 Å². The highest BCUT2D eigenvalue weighted by atomic mass is 35.5. The molecule has 0 unspecified atom stereocenters. The largest absolute Gasteiger partial charge is 0.416 e. The molecule has 0 amide bonds. The second kappa shape index (κ2) is 4.86. The molecule has 0 bridgehead atoms. The fraction of sp³-hybridized carbons (Fsp3) is 0.500. The van der Waals surface area contributed by atoms with Gasteiger partial charge < -0.3 is 5.73 Å². The van der Waals surface area contributed by atoms with Crippen molar-refractivity contribution in [1.29, 1.82) is 0 Å². The van der Waals surface area contributed by atoms with Crippen LogP contribution in [0.2, 0.25) is 0 Å². The minimum Gasteiger partial charge on any atom is -0.330 e. The number of benzene rings is 1. The number of rotatable bonds is 2. The van der Waals surface area contributed by atoms with Crippen molar-refractivity contribution in [3.63, 3.8) is 0 Å². The van der Waals surface area contributed by atoms with Gasteiger partial charge in [0, 0.05) is 12.0 Å². The van der Waals surface area contributed by atoms with Crippen LogP contribution < -0.4 is 5.73 Å². The van der Waals surface area contributed by atoms with Crippen LogP contribution in [0.4, 0.5) is 13.2 Å². The summed E-state index contributed by atoms with van der Waals surface area (Å²) in [5.74, 6) is 0. The molecule has 96 valence electrons. The molecule has 1 aromatic rings. The van der Waals surface area contributed by atoms with Gasteiger partial charge in [-0.2, -0.15) is 13.2 Å². The molecule has 1 fully saturated rings. The molecule has 1 aliphatic carbocycles. The second-order valence-corrected chi connectivity index (χ2v) is 4.42. The highest BCUT2D eigenvalue weighted by Gasteiger charge is 2.39. The van der Waals surface area contributed by atoms with Crippen LogP contribution in [0, 0.1) is 0 Å². The van der Waals surface area contributed by atoms with Gasteiger partial charge in [0.15, 0.2) is 0 Å². The third-order valence-electron chi connectivity index (χ3n) is 3.50. The number of halogens is 4. The molecule has 1 aliphatic rings. The fourth-order valence-electron chi connectivity index (χ4n) is 2.24. The molecule has 0 aromatic heterocycles. The van der Waals surface area contributed by atoms with E-state index in [4.69, 9.17) is 5.73 Å². The summed E-state index contributed by atoms with van der Waals surface area (Å²) < 4.78 is 37.7. The SMILES string of the molecule is Cl.NCC1(c2cccc(C(F)(F)F)c2)CCC1. The molecule has 1 aromatic carbocycles. The van der Waals surface area contributed by atoms with Gasteiger partial charge >= 0.3 is 6.18 Å². The van der Waals surface area contributed by atoms with E-state index in [9.17, 15) is 13.2 Å². The molecule has 0 aliphatic heterocycles. The Kier molecular flexibility index (Phi) is 4.10. The van der Waals surface area contributed by atoms with Crippen LogP contribution in [-0.4, -0.2) is 6.54 Å². The van der Waals surface area contributed by atoms with Crippen LogP contribution in [0.15, 0.2) is 24.3 Å². The summed E-state index contributed by atoms with van der Waals surface area (Å²) in [6, 6.07) is 5.56. The van der Waals surface area contributed by atoms with Crippen molar-refractivity contribution in [2.75, 3.05) is 6.54 Å². The molecule has 0 saturated heterocycles. The van der Waals surface area contributed by atoms with E-state index < -0.39 is 11.7 Å². The van der Waals surface area contributed by atoms with Gasteiger partial charge in [-0.05, 0) is 24.5 Å². The first-order valence-corrected chi connectivity index (χ1v) is 5.36. The lowest BCUT2D eigenvalue weighted by Gasteiger charge is -2.41. The smallest absolute Gasteiger partial charge is 0.330 e. The molecule has 1 nitrogen and oxygen atoms in total. The van der Waals surface area contributed by atoms with Crippen LogP contribution in [0.1, 0.15) is 30.4 Å². The van der Waals surface area contributed by atoms with Gasteiger partial charge in [-0.25, -0.2) is 0 Å². The lowest BCUT2D eigenvalue weighted by atomic mass is 9.64. The van der Waals surface area contributed by atoms with E-state index in [1.165, 1.54) is 12.1 Å². The molecular weight excluding hydrogens is 251 g/mol. The quantitative estimate of drug-likeness (QED) is 0.870. The van der Waals surface area contributed by atoms with Crippen LogP contribution in [0.3, 0.4) is 0 Å². The summed E-state index contributed by atoms with van der Waals surface area (Å²) in [6.45, 7) is 0.425. The lowest BCUT2D eigenvalue weighted by Crippen LogP contribution is -2.41. The molecule has 0 atom stereocenters. The maximum absolute atomic E-state index is 12.6. The standard InChI is InChI=1S/C12H14F3N.ClH/c13-12(14,15)10-4-1-3-9(7-10)11(8-16)5-2-6-11;/h1,3-4,7H,2,5-6,8,16H2;1H. The van der Waals surface area contributed by atoms with Gasteiger partial charge in [-0.3, -0.25) is 0 Å². The molecule has 1 saturated carbocycles. The molecule has 0 radical (unpaired) electrons. The van der Waals surface area contributed by atoms with E-state index in [-0.39, 0.29) is 17.8 Å². The first-order valence-electron chi connectivity index (χ1n) is 5.36. The van der Waals surface area contributed by atoms with E-state index >= 15 is 0 Å². The zero-order valence-corrected chi connectivity index (χ0v) is 10.1. The van der Waals surface area contributed by atoms with Crippen molar-refractivity contribution in [2.45, 2.75) is 30.9 Å². The molecule has 2 rings (SSSR count). The highest BCUT2D eigenvalue weighted by Crippen LogP contribution is 2.44. The Morgan fingerprint density at radius 1 is 1.24 bits per heavy atom. The summed E-state index contributed by atoms with van der Waals surface area (Å²) >= 11 is 0. The van der Waals surface area contributed by atoms with Crippen molar-refractivity contribution in [1.82, 2.24) is 0 Å². The molecule has 17 heavy (non-hydrogen) atoms. The number of nitrogens with two attached hydrogens (primary N) is 1. The molecule has 0 heterocycles. The van der Waals surface area contributed by atoms with Crippen molar-refractivity contribution in [3.8, 4) is 0 Å². The monoisotopic (exact) mass is 265 g/mol. The average molecular weight is 266 g/mol. The maximum atomic E-state index is 12.6. The van der Waals surface area contributed by atoms with Crippen LogP contribution in [-0.2, 0) is 11.6 Å². The Labute approximate surface area is 105 Å². The molecule has 5 heteroatoms. The Bertz CT molecular complexity index is 380. The van der Waals surface area contributed by atoms with E-state index in [1.807, 2.05) is 0 Å². The second-order valence-electron chi connectivity index (χ2n) is 4.42. The van der Waals surface area contributed by atoms with E-state index in [1.54, 1.807) is 6.07 Å². The number of hydrogen-bond acceptors (Lipinski definition) is 1. The first-order chi connectivity index (χ1) is 7.48. The van der Waals surface area contributed by atoms with Crippen molar-refractivity contribution >= 4 is 12.4 Å². The van der Waals surface area contributed by atoms with Gasteiger partial charge in [-0.15, -0.1) is 12.4 Å². The molecule has 0 spiro atoms. The number of hydrogen-bond donors (Lipinski definition) is 1. The van der Waals surface area contributed by atoms with Crippen LogP contribution in [0.25, 0.3) is 0 Å². The maximum Gasteiger partial charge on any atom is 0.416 e. The topological polar surface area (TPSA) is 26.0 Å². The minimum absolute atomic E-state index is 0. The highest BCUT2D eigenvalue weighted by molar-refractivity contribution is 5.85. The third kappa shape index (κ3) is 2.58. The van der Waals surface area contributed by atoms with Crippen LogP contribution in [0.5, 0.6) is 0 Å². The Hall–Kier alpha value is -0.740. The summed E-state index contributed by atoms with van der Waals surface area (Å²) in [5.41, 5.74) is 5.63. The summed E-state index contributed by atoms with van der Waals surface area (Å²) in [4.78, 5) is 0. The van der Waals surface area contributed by atoms with Gasteiger partial charge in [0.25, 0.3) is 0 Å². The Balaban J connectivity index is 0.00000144. The first kappa shape index (κ1) is 14.3. The lowest BCUT2D eigenvalue weighted by molar-refractivity contribution is -0.137. The summed E-state index contributed by atoms with van der Waals surface area (Å²) in [5, 5.41) is 0. The normalized spacial score (nSPS) is 18.1. The van der Waals surface area contributed by atoms with Crippen molar-refractivity contribution < 1.29 is 13.2 Å². The zero-order chi connectivity index (χ0) is 11.8. The van der Waals surface area contributed by atoms with E-state index in [0.717, 1.165) is 30.9 Å². The fourth-order valence-corrected chi connectivity index (χ4v) is 2.24. The summed E-state index contributed by atoms with van der Waals surface area (Å²) in [6.07, 6.45) is -1.43. The van der Waals surface area contributed by atoms with E-state index in [0.29, 0.717) is 6.54 Å². The van der Waals surface area contributed by atoms with Crippen molar-refractivity contribution in [3.05, 3.63) is 35.4 Å². The number of alkyl halides is 3. The third-order valence-corrected chi connectivity index (χ3v) is 3.50. The minimum atomic E-state index is -4.27. The molecular formula is C12H15ClF3N. The van der Waals surface area contributed by atoms with Gasteiger partial charge in [-0.1, -0.05) is 24.6 Å². The van der Waals surface area contributed by atoms with Gasteiger partial charge in [0.1, 0.15) is 0 Å². The van der Waals surface area contributed by atoms with Crippen molar-refractivity contribution in [2.24, 2.45) is 5.73 Å². The van der Waals surface area contributed by atoms with Gasteiger partial charge in [0.2, 0.25) is 0 Å². The predicted molar refractivity (Wildman–Crippen MR) is 63.3 cm³/mol. The van der Waals surface area contributed by atoms with Gasteiger partial charge in [0.05, 0.1) is 5.56 Å². The Morgan fingerprint density at radius 2 is 1.88 bits per heavy atom. The summed E-state index contributed by atoms with van der Waals surface area (Å²) in [7, 11) is 0. The predicted octanol–water partition coefficient (Wildman–Crippen LogP) is 3.51. The van der Waals surface area contributed by atoms with E-state index in [2.05, 4.69) is 0 Å². The zero-order valence-electron chi connectivity index (χ0n) is 9.26. The Morgan fingerprint density at radius 3 is 2.29 bits per heavy atom. The average Bonchev–Trinajstić information content (AvgIpc) is 2.16. The molecule has 2 N–H and O–H groups in total.